The number of likely N-dealkylation sites (N-methyl/N-ethyl adjacent to an activating group) is 1. The summed E-state index contributed by atoms with van der Waals surface area (Å²) in [6.07, 6.45) is 3.01. The van der Waals surface area contributed by atoms with E-state index in [1.54, 1.807) is 24.9 Å². The van der Waals surface area contributed by atoms with Gasteiger partial charge >= 0.3 is 0 Å². The first kappa shape index (κ1) is 20.5. The van der Waals surface area contributed by atoms with Crippen LogP contribution >= 0.6 is 11.8 Å². The number of ether oxygens (including phenoxy) is 1. The molecule has 1 saturated heterocycles. The summed E-state index contributed by atoms with van der Waals surface area (Å²) in [6.45, 7) is 2.91. The maximum atomic E-state index is 12.9. The van der Waals surface area contributed by atoms with Crippen molar-refractivity contribution in [2.24, 2.45) is 5.92 Å². The second-order valence-electron chi connectivity index (χ2n) is 8.99. The first-order chi connectivity index (χ1) is 14.9. The zero-order valence-electron chi connectivity index (χ0n) is 18.0. The van der Waals surface area contributed by atoms with E-state index in [1.807, 2.05) is 12.1 Å². The minimum absolute atomic E-state index is 0.00130. The Bertz CT molecular complexity index is 1100. The number of fused-ring (bicyclic) bond motifs is 1. The van der Waals surface area contributed by atoms with Crippen LogP contribution in [-0.2, 0) is 14.9 Å². The lowest BCUT2D eigenvalue weighted by atomic mass is 9.53. The van der Waals surface area contributed by atoms with Crippen molar-refractivity contribution < 1.29 is 19.7 Å². The number of aryl methyl sites for hydroxylation is 1. The van der Waals surface area contributed by atoms with Gasteiger partial charge in [0.05, 0.1) is 12.4 Å². The Balaban J connectivity index is 1.75. The molecule has 31 heavy (non-hydrogen) atoms. The number of methoxy groups -OCH3 is 1. The smallest absolute Gasteiger partial charge is 0.197 e. The van der Waals surface area contributed by atoms with Crippen molar-refractivity contribution >= 4 is 17.5 Å². The average Bonchev–Trinajstić information content (AvgIpc) is 2.74. The van der Waals surface area contributed by atoms with Gasteiger partial charge in [-0.2, -0.15) is 0 Å². The van der Waals surface area contributed by atoms with E-state index in [0.717, 1.165) is 29.0 Å². The number of aromatic hydroxyl groups is 2. The number of phenolic OH excluding ortho intramolecular Hbond substituents is 2. The molecule has 0 aromatic heterocycles. The molecule has 5 rings (SSSR count). The Morgan fingerprint density at radius 3 is 2.77 bits per heavy atom. The predicted molar refractivity (Wildman–Crippen MR) is 120 cm³/mol. The quantitative estimate of drug-likeness (QED) is 0.697. The van der Waals surface area contributed by atoms with Gasteiger partial charge in [0.1, 0.15) is 0 Å². The van der Waals surface area contributed by atoms with Crippen molar-refractivity contribution in [2.45, 2.75) is 41.4 Å². The third-order valence-corrected chi connectivity index (χ3v) is 8.60. The average molecular weight is 438 g/mol. The summed E-state index contributed by atoms with van der Waals surface area (Å²) in [6, 6.07) is 12.1. The fraction of sp³-hybridized carbons (Fsp3) is 0.400. The standard InChI is InChI=1S/C25H27NO4S/c1-14-5-4-6-15(11-14)31-24-16-7-8-18(27)23(29)21(16)25-9-10-26(2)22(24)17(25)12-20(30-3)19(28)13-25/h4-8,11-12,17,22,24,27,29H,9-10,13H2,1-3H3. The lowest BCUT2D eigenvalue weighted by Crippen LogP contribution is -2.61. The van der Waals surface area contributed by atoms with E-state index in [9.17, 15) is 15.0 Å². The van der Waals surface area contributed by atoms with Crippen molar-refractivity contribution in [3.8, 4) is 11.5 Å². The molecule has 0 saturated carbocycles. The van der Waals surface area contributed by atoms with Gasteiger partial charge in [0.2, 0.25) is 0 Å². The molecule has 2 aromatic rings. The molecule has 162 valence electrons. The van der Waals surface area contributed by atoms with E-state index in [2.05, 4.69) is 43.1 Å². The highest BCUT2D eigenvalue weighted by Gasteiger charge is 2.59. The van der Waals surface area contributed by atoms with Crippen molar-refractivity contribution in [3.05, 3.63) is 64.9 Å². The molecule has 1 fully saturated rings. The third kappa shape index (κ3) is 2.99. The molecular formula is C25H27NO4S. The Kier molecular flexibility index (Phi) is 4.83. The SMILES string of the molecule is COC1=CC2C3C(Sc4cccc(C)c4)c4ccc(O)c(O)c4C2(CCN3C)CC1=O. The number of ketones is 1. The predicted octanol–water partition coefficient (Wildman–Crippen LogP) is 4.31. The van der Waals surface area contributed by atoms with E-state index in [0.29, 0.717) is 5.76 Å². The van der Waals surface area contributed by atoms with Crippen LogP contribution in [0.2, 0.25) is 0 Å². The topological polar surface area (TPSA) is 70.0 Å². The first-order valence-electron chi connectivity index (χ1n) is 10.6. The summed E-state index contributed by atoms with van der Waals surface area (Å²) in [4.78, 5) is 16.5. The van der Waals surface area contributed by atoms with Gasteiger partial charge in [0.15, 0.2) is 23.0 Å². The summed E-state index contributed by atoms with van der Waals surface area (Å²) < 4.78 is 5.44. The molecule has 4 unspecified atom stereocenters. The van der Waals surface area contributed by atoms with E-state index < -0.39 is 5.41 Å². The lowest BCUT2D eigenvalue weighted by Gasteiger charge is -2.58. The van der Waals surface area contributed by atoms with Crippen LogP contribution in [0, 0.1) is 12.8 Å². The number of thioether (sulfide) groups is 1. The molecule has 5 nitrogen and oxygen atoms in total. The number of likely N-dealkylation sites (tertiary alicyclic amines) is 1. The summed E-state index contributed by atoms with van der Waals surface area (Å²) in [7, 11) is 3.68. The highest BCUT2D eigenvalue weighted by molar-refractivity contribution is 7.99. The van der Waals surface area contributed by atoms with E-state index in [-0.39, 0.29) is 40.9 Å². The van der Waals surface area contributed by atoms with Gasteiger partial charge in [-0.05, 0) is 56.8 Å². The zero-order chi connectivity index (χ0) is 21.9. The van der Waals surface area contributed by atoms with Gasteiger partial charge in [-0.15, -0.1) is 11.8 Å². The normalized spacial score (nSPS) is 29.7. The number of rotatable bonds is 3. The van der Waals surface area contributed by atoms with Crippen LogP contribution < -0.4 is 0 Å². The van der Waals surface area contributed by atoms with Gasteiger partial charge in [-0.1, -0.05) is 23.8 Å². The van der Waals surface area contributed by atoms with E-state index in [4.69, 9.17) is 4.74 Å². The minimum atomic E-state index is -0.530. The number of hydrogen-bond acceptors (Lipinski definition) is 6. The van der Waals surface area contributed by atoms with Gasteiger partial charge in [-0.25, -0.2) is 0 Å². The summed E-state index contributed by atoms with van der Waals surface area (Å²) in [5.41, 5.74) is 2.42. The van der Waals surface area contributed by atoms with Crippen LogP contribution in [0.5, 0.6) is 11.5 Å². The summed E-state index contributed by atoms with van der Waals surface area (Å²) in [5.74, 6) is 0.158. The molecule has 3 aliphatic rings. The molecule has 1 aliphatic heterocycles. The maximum Gasteiger partial charge on any atom is 0.197 e. The molecule has 0 amide bonds. The van der Waals surface area contributed by atoms with Crippen LogP contribution in [-0.4, -0.2) is 47.6 Å². The molecule has 6 heteroatoms. The third-order valence-electron chi connectivity index (χ3n) is 7.28. The van der Waals surface area contributed by atoms with Crippen molar-refractivity contribution in [2.75, 3.05) is 20.7 Å². The number of carbonyl (C=O) groups excluding carboxylic acids is 1. The van der Waals surface area contributed by atoms with Crippen LogP contribution in [0.4, 0.5) is 0 Å². The van der Waals surface area contributed by atoms with Crippen molar-refractivity contribution in [1.29, 1.82) is 0 Å². The highest BCUT2D eigenvalue weighted by atomic mass is 32.2. The number of carbonyl (C=O) groups is 1. The molecule has 2 aliphatic carbocycles. The van der Waals surface area contributed by atoms with E-state index >= 15 is 0 Å². The lowest BCUT2D eigenvalue weighted by molar-refractivity contribution is -0.122. The minimum Gasteiger partial charge on any atom is -0.504 e. The maximum absolute atomic E-state index is 12.9. The molecule has 4 atom stereocenters. The molecule has 0 radical (unpaired) electrons. The van der Waals surface area contributed by atoms with Crippen LogP contribution in [0.25, 0.3) is 0 Å². The van der Waals surface area contributed by atoms with Gasteiger partial charge < -0.3 is 19.8 Å². The second-order valence-corrected chi connectivity index (χ2v) is 10.2. The zero-order valence-corrected chi connectivity index (χ0v) is 18.8. The van der Waals surface area contributed by atoms with Gasteiger partial charge in [0.25, 0.3) is 0 Å². The summed E-state index contributed by atoms with van der Waals surface area (Å²) >= 11 is 1.78. The Hall–Kier alpha value is -2.44. The molecule has 2 N–H and O–H groups in total. The molecule has 2 aromatic carbocycles. The van der Waals surface area contributed by atoms with Gasteiger partial charge in [-0.3, -0.25) is 4.79 Å². The fourth-order valence-electron chi connectivity index (χ4n) is 5.88. The number of piperidine rings is 1. The van der Waals surface area contributed by atoms with Crippen LogP contribution in [0.3, 0.4) is 0 Å². The van der Waals surface area contributed by atoms with Crippen molar-refractivity contribution in [1.82, 2.24) is 4.90 Å². The largest absolute Gasteiger partial charge is 0.504 e. The van der Waals surface area contributed by atoms with Crippen LogP contribution in [0.15, 0.2) is 53.1 Å². The highest BCUT2D eigenvalue weighted by Crippen LogP contribution is 2.63. The summed E-state index contributed by atoms with van der Waals surface area (Å²) in [5, 5.41) is 21.5. The number of benzene rings is 2. The number of allylic oxidation sites excluding steroid dienone is 1. The number of Topliss-reactive ketones (excluding diaryl/α,β-unsaturated/α-hetero) is 1. The van der Waals surface area contributed by atoms with Gasteiger partial charge in [0, 0.05) is 34.3 Å². The first-order valence-corrected chi connectivity index (χ1v) is 11.5. The van der Waals surface area contributed by atoms with Crippen molar-refractivity contribution in [3.63, 3.8) is 0 Å². The number of nitrogens with zero attached hydrogens (tertiary/aromatic N) is 1. The molecule has 0 spiro atoms. The Morgan fingerprint density at radius 2 is 2.03 bits per heavy atom. The van der Waals surface area contributed by atoms with E-state index in [1.165, 1.54) is 5.56 Å². The second kappa shape index (κ2) is 7.31. The molecule has 2 bridgehead atoms. The molecular weight excluding hydrogens is 410 g/mol. The fourth-order valence-corrected chi connectivity index (χ4v) is 7.42. The molecule has 1 heterocycles. The van der Waals surface area contributed by atoms with Crippen LogP contribution in [0.1, 0.15) is 34.8 Å². The Labute approximate surface area is 186 Å². The monoisotopic (exact) mass is 437 g/mol. The Morgan fingerprint density at radius 1 is 1.23 bits per heavy atom. The number of phenols is 2. The number of hydrogen-bond donors (Lipinski definition) is 2.